The Morgan fingerprint density at radius 1 is 1.10 bits per heavy atom. The summed E-state index contributed by atoms with van der Waals surface area (Å²) in [5, 5.41) is 38.7. The highest BCUT2D eigenvalue weighted by Crippen LogP contribution is 2.73. The SMILES string of the molecule is CC1=CC23C(O)C(C=C(CO)[C@@H](N=O)C2(O)[C@H]1OC(=O)c1ccccc1Oc1ccccc1)[C@H]1[C@@H](C[C@H]3C)C1(C)C. The molecule has 0 aliphatic heterocycles. The molecular weight excluding hydrogens is 522 g/mol. The van der Waals surface area contributed by atoms with Crippen LogP contribution in [0.25, 0.3) is 0 Å². The van der Waals surface area contributed by atoms with E-state index in [1.807, 2.05) is 31.2 Å². The smallest absolute Gasteiger partial charge is 0.342 e. The van der Waals surface area contributed by atoms with E-state index in [1.165, 1.54) is 0 Å². The standard InChI is InChI=1S/C33H37NO7/c1-18-16-32-19(2)14-24-26(31(24,3)4)23(28(32)36)15-20(17-35)27(34-39)33(32,38)29(18)41-30(37)22-12-8-9-13-25(22)40-21-10-6-5-7-11-21/h5-13,15-16,19,23-24,26-29,35-36,38H,14,17H2,1-4H3/t19-,23?,24-,26+,27-,28?,29+,32?,33?/m1/s1. The van der Waals surface area contributed by atoms with Crippen molar-refractivity contribution in [2.24, 2.45) is 39.7 Å². The van der Waals surface area contributed by atoms with Crippen molar-refractivity contribution in [2.45, 2.75) is 58.0 Å². The number of ether oxygens (including phenoxy) is 2. The van der Waals surface area contributed by atoms with Crippen molar-refractivity contribution in [3.8, 4) is 11.5 Å². The second kappa shape index (κ2) is 9.61. The summed E-state index contributed by atoms with van der Waals surface area (Å²) in [6.07, 6.45) is 1.91. The van der Waals surface area contributed by atoms with Gasteiger partial charge in [0.2, 0.25) is 0 Å². The topological polar surface area (TPSA) is 126 Å². The predicted octanol–water partition coefficient (Wildman–Crippen LogP) is 5.04. The molecule has 0 saturated heterocycles. The molecule has 2 fully saturated rings. The summed E-state index contributed by atoms with van der Waals surface area (Å²) < 4.78 is 12.1. The van der Waals surface area contributed by atoms with Gasteiger partial charge in [-0.15, -0.1) is 0 Å². The van der Waals surface area contributed by atoms with Crippen molar-refractivity contribution >= 4 is 5.97 Å². The van der Waals surface area contributed by atoms with E-state index in [4.69, 9.17) is 9.47 Å². The van der Waals surface area contributed by atoms with Crippen molar-refractivity contribution in [2.75, 3.05) is 6.61 Å². The molecule has 0 aromatic heterocycles. The molecule has 2 aromatic rings. The highest BCUT2D eigenvalue weighted by Gasteiger charge is 2.76. The van der Waals surface area contributed by atoms with E-state index in [0.717, 1.165) is 6.42 Å². The maximum atomic E-state index is 13.8. The lowest BCUT2D eigenvalue weighted by molar-refractivity contribution is -0.185. The number of esters is 1. The van der Waals surface area contributed by atoms with Crippen molar-refractivity contribution in [3.63, 3.8) is 0 Å². The van der Waals surface area contributed by atoms with Crippen molar-refractivity contribution in [3.05, 3.63) is 88.4 Å². The number of aliphatic hydroxyl groups excluding tert-OH is 2. The number of carbonyl (C=O) groups excluding carboxylic acids is 1. The number of nitroso groups, excluding NO2 is 1. The second-order valence-corrected chi connectivity index (χ2v) is 12.9. The molecule has 2 aromatic carbocycles. The van der Waals surface area contributed by atoms with Crippen LogP contribution in [0.15, 0.2) is 83.1 Å². The molecule has 4 aliphatic rings. The van der Waals surface area contributed by atoms with Crippen LogP contribution in [0.3, 0.4) is 0 Å². The van der Waals surface area contributed by atoms with Crippen LogP contribution in [0, 0.1) is 39.4 Å². The lowest BCUT2D eigenvalue weighted by Gasteiger charge is -2.51. The average molecular weight is 560 g/mol. The maximum absolute atomic E-state index is 13.8. The first-order chi connectivity index (χ1) is 19.5. The third kappa shape index (κ3) is 3.80. The van der Waals surface area contributed by atoms with Gasteiger partial charge in [0, 0.05) is 5.92 Å². The van der Waals surface area contributed by atoms with Crippen molar-refractivity contribution in [1.82, 2.24) is 0 Å². The Morgan fingerprint density at radius 3 is 2.46 bits per heavy atom. The largest absolute Gasteiger partial charge is 0.456 e. The van der Waals surface area contributed by atoms with Gasteiger partial charge in [-0.3, -0.25) is 0 Å². The molecule has 216 valence electrons. The van der Waals surface area contributed by atoms with Crippen LogP contribution in [0.1, 0.15) is 44.5 Å². The van der Waals surface area contributed by atoms with E-state index >= 15 is 0 Å². The summed E-state index contributed by atoms with van der Waals surface area (Å²) in [5.41, 5.74) is -2.58. The van der Waals surface area contributed by atoms with Gasteiger partial charge in [0.25, 0.3) is 0 Å². The Morgan fingerprint density at radius 2 is 1.78 bits per heavy atom. The number of rotatable bonds is 6. The summed E-state index contributed by atoms with van der Waals surface area (Å²) in [7, 11) is 0. The second-order valence-electron chi connectivity index (χ2n) is 12.9. The van der Waals surface area contributed by atoms with Gasteiger partial charge < -0.3 is 24.8 Å². The number of nitrogens with zero attached hydrogens (tertiary/aromatic N) is 1. The Balaban J connectivity index is 1.42. The maximum Gasteiger partial charge on any atom is 0.342 e. The first kappa shape index (κ1) is 27.8. The van der Waals surface area contributed by atoms with E-state index in [2.05, 4.69) is 19.0 Å². The highest BCUT2D eigenvalue weighted by atomic mass is 16.6. The quantitative estimate of drug-likeness (QED) is 0.257. The van der Waals surface area contributed by atoms with Gasteiger partial charge in [0.15, 0.2) is 6.10 Å². The van der Waals surface area contributed by atoms with Crippen LogP contribution in [0.4, 0.5) is 0 Å². The fourth-order valence-electron chi connectivity index (χ4n) is 8.56. The summed E-state index contributed by atoms with van der Waals surface area (Å²) >= 11 is 0. The van der Waals surface area contributed by atoms with Crippen LogP contribution in [-0.2, 0) is 4.74 Å². The molecule has 8 nitrogen and oxygen atoms in total. The van der Waals surface area contributed by atoms with E-state index in [1.54, 1.807) is 49.4 Å². The number of hydrogen-bond donors (Lipinski definition) is 3. The van der Waals surface area contributed by atoms with Crippen LogP contribution in [0.2, 0.25) is 0 Å². The Kier molecular flexibility index (Phi) is 6.52. The van der Waals surface area contributed by atoms with Crippen LogP contribution in [-0.4, -0.2) is 51.7 Å². The Hall–Kier alpha value is -3.33. The number of carbonyl (C=O) groups is 1. The zero-order valence-corrected chi connectivity index (χ0v) is 23.7. The lowest BCUT2D eigenvalue weighted by Crippen LogP contribution is -2.66. The lowest BCUT2D eigenvalue weighted by atomic mass is 9.57. The van der Waals surface area contributed by atoms with Gasteiger partial charge in [0.1, 0.15) is 28.7 Å². The molecule has 4 aliphatic carbocycles. The third-order valence-electron chi connectivity index (χ3n) is 10.6. The first-order valence-electron chi connectivity index (χ1n) is 14.3. The molecule has 8 heteroatoms. The zero-order valence-electron chi connectivity index (χ0n) is 23.7. The molecule has 41 heavy (non-hydrogen) atoms. The number of fused-ring (bicyclic) bond motifs is 3. The minimum atomic E-state index is -2.12. The van der Waals surface area contributed by atoms with Crippen molar-refractivity contribution < 1.29 is 29.6 Å². The molecule has 3 N–H and O–H groups in total. The summed E-state index contributed by atoms with van der Waals surface area (Å²) in [5.74, 6) is -0.194. The summed E-state index contributed by atoms with van der Waals surface area (Å²) in [6, 6.07) is 14.3. The highest BCUT2D eigenvalue weighted by molar-refractivity contribution is 5.93. The monoisotopic (exact) mass is 559 g/mol. The van der Waals surface area contributed by atoms with Gasteiger partial charge in [-0.25, -0.2) is 4.79 Å². The molecule has 1 spiro atoms. The Bertz CT molecular complexity index is 1430. The molecule has 4 unspecified atom stereocenters. The average Bonchev–Trinajstić information content (AvgIpc) is 3.45. The normalized spacial score (nSPS) is 38.3. The minimum Gasteiger partial charge on any atom is -0.456 e. The van der Waals surface area contributed by atoms with Crippen LogP contribution >= 0.6 is 0 Å². The molecule has 6 rings (SSSR count). The number of hydrogen-bond acceptors (Lipinski definition) is 8. The minimum absolute atomic E-state index is 0.0309. The van der Waals surface area contributed by atoms with E-state index in [-0.39, 0.29) is 34.1 Å². The van der Waals surface area contributed by atoms with E-state index in [9.17, 15) is 25.0 Å². The van der Waals surface area contributed by atoms with E-state index < -0.39 is 47.8 Å². The molecule has 0 radical (unpaired) electrons. The van der Waals surface area contributed by atoms with Crippen LogP contribution < -0.4 is 4.74 Å². The third-order valence-corrected chi connectivity index (χ3v) is 10.6. The van der Waals surface area contributed by atoms with Crippen LogP contribution in [0.5, 0.6) is 11.5 Å². The van der Waals surface area contributed by atoms with Gasteiger partial charge in [0.05, 0.1) is 18.1 Å². The molecule has 2 bridgehead atoms. The predicted molar refractivity (Wildman–Crippen MR) is 152 cm³/mol. The molecule has 0 heterocycles. The number of para-hydroxylation sites is 2. The molecule has 0 amide bonds. The van der Waals surface area contributed by atoms with Gasteiger partial charge in [-0.05, 0) is 71.9 Å². The molecule has 2 saturated carbocycles. The fraction of sp³-hybridized carbons (Fsp3) is 0.485. The zero-order chi connectivity index (χ0) is 29.3. The Labute approximate surface area is 239 Å². The van der Waals surface area contributed by atoms with Gasteiger partial charge in [-0.2, -0.15) is 4.91 Å². The fourth-order valence-corrected chi connectivity index (χ4v) is 8.56. The summed E-state index contributed by atoms with van der Waals surface area (Å²) in [4.78, 5) is 26.3. The number of benzene rings is 2. The number of aliphatic hydroxyl groups is 3. The van der Waals surface area contributed by atoms with Gasteiger partial charge in [-0.1, -0.05) is 68.4 Å². The molecule has 9 atom stereocenters. The molecular formula is C33H37NO7. The summed E-state index contributed by atoms with van der Waals surface area (Å²) in [6.45, 7) is 7.55. The van der Waals surface area contributed by atoms with E-state index in [0.29, 0.717) is 17.2 Å². The van der Waals surface area contributed by atoms with Gasteiger partial charge >= 0.3 is 5.97 Å². The van der Waals surface area contributed by atoms with Crippen molar-refractivity contribution in [1.29, 1.82) is 0 Å². The first-order valence-corrected chi connectivity index (χ1v) is 14.3.